The highest BCUT2D eigenvalue weighted by Crippen LogP contribution is 2.37. The molecule has 0 aliphatic heterocycles. The number of nitrogens with two attached hydrogens (primary N) is 1. The van der Waals surface area contributed by atoms with Crippen LogP contribution in [0, 0.1) is 29.8 Å². The Morgan fingerprint density at radius 1 is 0.897 bits per heavy atom. The number of halogens is 3. The molecule has 6 nitrogen and oxygen atoms in total. The third-order valence-electron chi connectivity index (χ3n) is 6.52. The molecule has 0 saturated heterocycles. The van der Waals surface area contributed by atoms with Crippen LogP contribution in [0.5, 0.6) is 0 Å². The molecule has 0 heterocycles. The minimum Gasteiger partial charge on any atom is -0.366 e. The van der Waals surface area contributed by atoms with Crippen molar-refractivity contribution < 1.29 is 27.6 Å². The maximum Gasteiger partial charge on any atom is 0.259 e. The van der Waals surface area contributed by atoms with E-state index in [2.05, 4.69) is 5.32 Å². The van der Waals surface area contributed by atoms with Gasteiger partial charge in [0.25, 0.3) is 11.8 Å². The second-order valence-corrected chi connectivity index (χ2v) is 11.0. The average Bonchev–Trinajstić information content (AvgIpc) is 3.70. The molecule has 9 heteroatoms. The first kappa shape index (κ1) is 27.9. The molecule has 0 radical (unpaired) electrons. The fraction of sp³-hybridized carbons (Fsp3) is 0.300. The van der Waals surface area contributed by atoms with E-state index < -0.39 is 35.2 Å². The molecule has 0 aromatic heterocycles. The Bertz CT molecular complexity index is 1480. The van der Waals surface area contributed by atoms with E-state index in [9.17, 15) is 27.6 Å². The lowest BCUT2D eigenvalue weighted by Gasteiger charge is -2.25. The van der Waals surface area contributed by atoms with Crippen LogP contribution in [-0.2, 0) is 0 Å². The highest BCUT2D eigenvalue weighted by atomic mass is 19.2. The average molecular weight is 538 g/mol. The van der Waals surface area contributed by atoms with Crippen molar-refractivity contribution in [2.75, 3.05) is 11.4 Å². The molecule has 3 N–H and O–H groups in total. The molecular formula is C30H30F3N3O3. The van der Waals surface area contributed by atoms with Gasteiger partial charge in [0.05, 0.1) is 0 Å². The van der Waals surface area contributed by atoms with E-state index in [1.807, 2.05) is 20.8 Å². The number of carbonyl (C=O) groups excluding carboxylic acids is 3. The number of nitrogens with zero attached hydrogens (tertiary/aromatic N) is 1. The minimum atomic E-state index is -1.10. The highest BCUT2D eigenvalue weighted by Gasteiger charge is 2.36. The predicted octanol–water partition coefficient (Wildman–Crippen LogP) is 5.76. The zero-order chi connectivity index (χ0) is 28.6. The van der Waals surface area contributed by atoms with Gasteiger partial charge in [-0.25, -0.2) is 13.2 Å². The molecule has 1 aliphatic rings. The quantitative estimate of drug-likeness (QED) is 0.401. The Kier molecular flexibility index (Phi) is 7.54. The molecule has 1 aliphatic carbocycles. The number of hydrogen-bond acceptors (Lipinski definition) is 3. The van der Waals surface area contributed by atoms with E-state index in [1.165, 1.54) is 42.2 Å². The molecule has 0 unspecified atom stereocenters. The Morgan fingerprint density at radius 3 is 2.18 bits per heavy atom. The summed E-state index contributed by atoms with van der Waals surface area (Å²) in [6, 6.07) is 9.79. The van der Waals surface area contributed by atoms with E-state index >= 15 is 0 Å². The maximum absolute atomic E-state index is 14.8. The molecule has 4 rings (SSSR count). The van der Waals surface area contributed by atoms with E-state index in [1.54, 1.807) is 0 Å². The summed E-state index contributed by atoms with van der Waals surface area (Å²) >= 11 is 0. The first-order chi connectivity index (χ1) is 18.3. The number of anilines is 1. The van der Waals surface area contributed by atoms with Crippen molar-refractivity contribution in [3.05, 3.63) is 88.2 Å². The van der Waals surface area contributed by atoms with Crippen LogP contribution in [0.1, 0.15) is 70.3 Å². The second kappa shape index (κ2) is 10.6. The van der Waals surface area contributed by atoms with Crippen molar-refractivity contribution in [3.63, 3.8) is 0 Å². The number of amides is 3. The molecule has 1 saturated carbocycles. The zero-order valence-electron chi connectivity index (χ0n) is 22.2. The van der Waals surface area contributed by atoms with Crippen LogP contribution in [0.4, 0.5) is 18.9 Å². The third-order valence-corrected chi connectivity index (χ3v) is 6.52. The summed E-state index contributed by atoms with van der Waals surface area (Å²) in [6.07, 6.45) is 1.30. The van der Waals surface area contributed by atoms with Gasteiger partial charge in [-0.15, -0.1) is 0 Å². The summed E-state index contributed by atoms with van der Waals surface area (Å²) in [7, 11) is 0. The largest absolute Gasteiger partial charge is 0.366 e. The van der Waals surface area contributed by atoms with Crippen LogP contribution in [0.15, 0.2) is 48.5 Å². The van der Waals surface area contributed by atoms with Gasteiger partial charge in [-0.05, 0) is 78.3 Å². The Labute approximate surface area is 225 Å². The van der Waals surface area contributed by atoms with Gasteiger partial charge in [0, 0.05) is 41.0 Å². The zero-order valence-corrected chi connectivity index (χ0v) is 22.2. The van der Waals surface area contributed by atoms with Gasteiger partial charge < -0.3 is 16.0 Å². The topological polar surface area (TPSA) is 92.5 Å². The fourth-order valence-corrected chi connectivity index (χ4v) is 4.24. The van der Waals surface area contributed by atoms with Crippen molar-refractivity contribution in [1.82, 2.24) is 5.32 Å². The summed E-state index contributed by atoms with van der Waals surface area (Å²) in [5.41, 5.74) is 6.21. The monoisotopic (exact) mass is 537 g/mol. The number of nitrogens with one attached hydrogen (secondary N) is 1. The van der Waals surface area contributed by atoms with Crippen LogP contribution < -0.4 is 16.0 Å². The molecule has 0 atom stereocenters. The standard InChI is InChI=1S/C30H30F3N3O3/c1-16-22(12-18(27(34)37)13-25(16)32)21-9-5-17(28(38)35-15-30(2,3)4)11-23(21)29(39)36(19-6-7-19)20-8-10-24(31)26(33)14-20/h5,8-14,19H,6-7,15H2,1-4H3,(H2,34,37)(H,35,38). The number of carbonyl (C=O) groups is 3. The Hall–Kier alpha value is -4.14. The van der Waals surface area contributed by atoms with Crippen LogP contribution in [0.25, 0.3) is 11.1 Å². The molecule has 3 aromatic rings. The summed E-state index contributed by atoms with van der Waals surface area (Å²) in [6.45, 7) is 7.77. The van der Waals surface area contributed by atoms with Gasteiger partial charge in [-0.3, -0.25) is 14.4 Å². The molecule has 204 valence electrons. The number of primary amides is 1. The van der Waals surface area contributed by atoms with E-state index in [0.717, 1.165) is 18.2 Å². The number of rotatable bonds is 7. The summed E-state index contributed by atoms with van der Waals surface area (Å²) in [5.74, 6) is -4.67. The van der Waals surface area contributed by atoms with Gasteiger partial charge >= 0.3 is 0 Å². The summed E-state index contributed by atoms with van der Waals surface area (Å²) < 4.78 is 42.7. The smallest absolute Gasteiger partial charge is 0.259 e. The second-order valence-electron chi connectivity index (χ2n) is 11.0. The molecule has 1 fully saturated rings. The fourth-order valence-electron chi connectivity index (χ4n) is 4.24. The minimum absolute atomic E-state index is 0.0409. The van der Waals surface area contributed by atoms with Gasteiger partial charge in [-0.1, -0.05) is 26.8 Å². The Balaban J connectivity index is 1.88. The highest BCUT2D eigenvalue weighted by molar-refractivity contribution is 6.12. The van der Waals surface area contributed by atoms with Crippen molar-refractivity contribution in [2.45, 2.75) is 46.6 Å². The van der Waals surface area contributed by atoms with Gasteiger partial charge in [0.1, 0.15) is 5.82 Å². The summed E-state index contributed by atoms with van der Waals surface area (Å²) in [4.78, 5) is 40.4. The molecule has 39 heavy (non-hydrogen) atoms. The predicted molar refractivity (Wildman–Crippen MR) is 143 cm³/mol. The molecule has 0 spiro atoms. The first-order valence-electron chi connectivity index (χ1n) is 12.6. The molecule has 0 bridgehead atoms. The number of benzene rings is 3. The molecule has 3 aromatic carbocycles. The van der Waals surface area contributed by atoms with Crippen molar-refractivity contribution in [2.24, 2.45) is 11.1 Å². The lowest BCUT2D eigenvalue weighted by atomic mass is 9.91. The van der Waals surface area contributed by atoms with Crippen LogP contribution in [0.3, 0.4) is 0 Å². The third kappa shape index (κ3) is 6.13. The van der Waals surface area contributed by atoms with Gasteiger partial charge in [0.2, 0.25) is 5.91 Å². The van der Waals surface area contributed by atoms with Crippen LogP contribution in [-0.4, -0.2) is 30.3 Å². The van der Waals surface area contributed by atoms with E-state index in [-0.39, 0.29) is 50.5 Å². The van der Waals surface area contributed by atoms with Crippen molar-refractivity contribution in [3.8, 4) is 11.1 Å². The van der Waals surface area contributed by atoms with Crippen molar-refractivity contribution in [1.29, 1.82) is 0 Å². The van der Waals surface area contributed by atoms with E-state index in [0.29, 0.717) is 19.4 Å². The molecule has 3 amide bonds. The van der Waals surface area contributed by atoms with E-state index in [4.69, 9.17) is 5.73 Å². The Morgan fingerprint density at radius 2 is 1.59 bits per heavy atom. The maximum atomic E-state index is 14.8. The van der Waals surface area contributed by atoms with Crippen molar-refractivity contribution >= 4 is 23.4 Å². The van der Waals surface area contributed by atoms with Crippen LogP contribution >= 0.6 is 0 Å². The normalized spacial score (nSPS) is 13.2. The summed E-state index contributed by atoms with van der Waals surface area (Å²) in [5, 5.41) is 2.84. The van der Waals surface area contributed by atoms with Gasteiger partial charge in [0.15, 0.2) is 11.6 Å². The number of hydrogen-bond donors (Lipinski definition) is 2. The molecular weight excluding hydrogens is 507 g/mol. The lowest BCUT2D eigenvalue weighted by molar-refractivity contribution is 0.0938. The van der Waals surface area contributed by atoms with Crippen LogP contribution in [0.2, 0.25) is 0 Å². The SMILES string of the molecule is Cc1c(F)cc(C(N)=O)cc1-c1ccc(C(=O)NCC(C)(C)C)cc1C(=O)N(c1ccc(F)c(F)c1)C1CC1. The van der Waals surface area contributed by atoms with Gasteiger partial charge in [-0.2, -0.15) is 0 Å². The lowest BCUT2D eigenvalue weighted by Crippen LogP contribution is -2.34. The first-order valence-corrected chi connectivity index (χ1v) is 12.6.